The molecule has 0 spiro atoms. The average molecular weight is 388 g/mol. The topological polar surface area (TPSA) is 88.6 Å². The van der Waals surface area contributed by atoms with Crippen molar-refractivity contribution < 1.29 is 17.9 Å². The number of thiazole rings is 1. The lowest BCUT2D eigenvalue weighted by molar-refractivity contribution is 0.0860. The summed E-state index contributed by atoms with van der Waals surface area (Å²) in [7, 11) is -3.12. The molecule has 3 rings (SSSR count). The van der Waals surface area contributed by atoms with Crippen LogP contribution in [0.5, 0.6) is 0 Å². The molecule has 140 valence electrons. The van der Waals surface area contributed by atoms with Crippen molar-refractivity contribution in [2.75, 3.05) is 37.1 Å². The summed E-state index contributed by atoms with van der Waals surface area (Å²) in [6.45, 7) is 2.13. The molecule has 2 saturated heterocycles. The van der Waals surface area contributed by atoms with Crippen LogP contribution in [0.4, 0.5) is 9.93 Å². The van der Waals surface area contributed by atoms with E-state index in [0.29, 0.717) is 17.6 Å². The highest BCUT2D eigenvalue weighted by Gasteiger charge is 2.30. The number of aromatic nitrogens is 1. The average Bonchev–Trinajstić information content (AvgIpc) is 3.03. The van der Waals surface area contributed by atoms with Gasteiger partial charge in [0.2, 0.25) is 0 Å². The van der Waals surface area contributed by atoms with Crippen LogP contribution in [0.25, 0.3) is 0 Å². The lowest BCUT2D eigenvalue weighted by Gasteiger charge is -2.35. The van der Waals surface area contributed by atoms with Crippen molar-refractivity contribution in [2.24, 2.45) is 0 Å². The van der Waals surface area contributed by atoms with Crippen LogP contribution in [-0.2, 0) is 14.6 Å². The predicted molar refractivity (Wildman–Crippen MR) is 98.0 cm³/mol. The number of hydrogen-bond acceptors (Lipinski definition) is 6. The minimum absolute atomic E-state index is 0.0195. The molecule has 1 N–H and O–H groups in total. The molecule has 0 bridgehead atoms. The zero-order valence-electron chi connectivity index (χ0n) is 14.4. The third-order valence-corrected chi connectivity index (χ3v) is 6.81. The molecule has 1 aromatic rings. The molecule has 2 fully saturated rings. The summed E-state index contributed by atoms with van der Waals surface area (Å²) in [5.74, 6) is 0.468. The number of nitrogens with zero attached hydrogens (tertiary/aromatic N) is 2. The second-order valence-electron chi connectivity index (χ2n) is 6.82. The molecule has 2 aliphatic rings. The molecule has 2 aliphatic heterocycles. The van der Waals surface area contributed by atoms with Gasteiger partial charge in [-0.05, 0) is 38.0 Å². The second-order valence-corrected chi connectivity index (χ2v) is 10.1. The molecule has 0 aromatic carbocycles. The maximum Gasteiger partial charge on any atom is 0.323 e. The van der Waals surface area contributed by atoms with Gasteiger partial charge in [0.1, 0.15) is 9.84 Å². The number of ether oxygens (including phenoxy) is 1. The number of likely N-dealkylation sites (tertiary alicyclic amines) is 1. The highest BCUT2D eigenvalue weighted by atomic mass is 32.2. The Hall–Kier alpha value is -1.19. The zero-order valence-corrected chi connectivity index (χ0v) is 16.1. The fraction of sp³-hybridized carbons (Fsp3) is 0.750. The van der Waals surface area contributed by atoms with Crippen LogP contribution in [0.2, 0.25) is 0 Å². The Morgan fingerprint density at radius 1 is 1.36 bits per heavy atom. The van der Waals surface area contributed by atoms with E-state index in [1.54, 1.807) is 4.90 Å². The Bertz CT molecular complexity index is 698. The van der Waals surface area contributed by atoms with Gasteiger partial charge in [0.15, 0.2) is 5.13 Å². The highest BCUT2D eigenvalue weighted by Crippen LogP contribution is 2.33. The molecule has 1 unspecified atom stereocenters. The van der Waals surface area contributed by atoms with Crippen molar-refractivity contribution in [3.8, 4) is 0 Å². The van der Waals surface area contributed by atoms with E-state index in [2.05, 4.69) is 10.3 Å². The molecular weight excluding hydrogens is 362 g/mol. The first kappa shape index (κ1) is 18.6. The van der Waals surface area contributed by atoms with Crippen LogP contribution in [-0.4, -0.2) is 62.1 Å². The van der Waals surface area contributed by atoms with E-state index in [9.17, 15) is 13.2 Å². The number of nitrogens with one attached hydrogen (secondary N) is 1. The Morgan fingerprint density at radius 3 is 2.84 bits per heavy atom. The maximum absolute atomic E-state index is 12.6. The van der Waals surface area contributed by atoms with E-state index in [1.807, 2.05) is 6.20 Å². The Morgan fingerprint density at radius 2 is 2.12 bits per heavy atom. The molecule has 25 heavy (non-hydrogen) atoms. The maximum atomic E-state index is 12.6. The lowest BCUT2D eigenvalue weighted by atomic mass is 9.99. The number of carbonyl (C=O) groups excluding carboxylic acids is 1. The molecule has 1 aromatic heterocycles. The van der Waals surface area contributed by atoms with Crippen LogP contribution >= 0.6 is 11.3 Å². The zero-order chi connectivity index (χ0) is 17.9. The third kappa shape index (κ3) is 5.15. The van der Waals surface area contributed by atoms with Crippen molar-refractivity contribution in [3.05, 3.63) is 11.1 Å². The summed E-state index contributed by atoms with van der Waals surface area (Å²) in [6, 6.07) is -0.500. The smallest absolute Gasteiger partial charge is 0.323 e. The van der Waals surface area contributed by atoms with Gasteiger partial charge in [-0.3, -0.25) is 5.32 Å². The van der Waals surface area contributed by atoms with Gasteiger partial charge in [0.05, 0.1) is 5.75 Å². The number of piperidine rings is 1. The number of amides is 2. The molecule has 1 atom stereocenters. The largest absolute Gasteiger partial charge is 0.381 e. The lowest BCUT2D eigenvalue weighted by Crippen LogP contribution is -2.48. The summed E-state index contributed by atoms with van der Waals surface area (Å²) in [5.41, 5.74) is 0. The van der Waals surface area contributed by atoms with E-state index in [-0.39, 0.29) is 17.8 Å². The Labute approximate surface area is 152 Å². The van der Waals surface area contributed by atoms with Gasteiger partial charge in [-0.2, -0.15) is 0 Å². The summed E-state index contributed by atoms with van der Waals surface area (Å²) >= 11 is 1.50. The standard InChI is InChI=1S/C16H25N3O4S2/c1-25(21,22)11-13-4-2-3-7-19(13)16(20)18-15-17-10-14(24-15)12-5-8-23-9-6-12/h10,12-13H,2-9,11H2,1H3,(H,17,18,20). The SMILES string of the molecule is CS(=O)(=O)CC1CCCCN1C(=O)Nc1ncc(C2CCOCC2)s1. The van der Waals surface area contributed by atoms with Gasteiger partial charge >= 0.3 is 6.03 Å². The first-order valence-electron chi connectivity index (χ1n) is 8.71. The number of rotatable bonds is 4. The van der Waals surface area contributed by atoms with Crippen molar-refractivity contribution in [2.45, 2.75) is 44.1 Å². The van der Waals surface area contributed by atoms with Gasteiger partial charge in [-0.15, -0.1) is 11.3 Å². The van der Waals surface area contributed by atoms with Gasteiger partial charge in [0.25, 0.3) is 0 Å². The number of anilines is 1. The number of carbonyl (C=O) groups is 1. The molecule has 2 amide bonds. The summed E-state index contributed by atoms with van der Waals surface area (Å²) in [4.78, 5) is 19.8. The third-order valence-electron chi connectivity index (χ3n) is 4.74. The van der Waals surface area contributed by atoms with Gasteiger partial charge < -0.3 is 9.64 Å². The molecular formula is C16H25N3O4S2. The number of urea groups is 1. The quantitative estimate of drug-likeness (QED) is 0.857. The number of hydrogen-bond donors (Lipinski definition) is 1. The number of sulfone groups is 1. The molecule has 0 saturated carbocycles. The van der Waals surface area contributed by atoms with Crippen LogP contribution in [0.1, 0.15) is 42.9 Å². The van der Waals surface area contributed by atoms with E-state index in [4.69, 9.17) is 4.74 Å². The summed E-state index contributed by atoms with van der Waals surface area (Å²) in [6.07, 6.45) is 7.61. The fourth-order valence-electron chi connectivity index (χ4n) is 3.47. The normalized spacial score (nSPS) is 22.8. The van der Waals surface area contributed by atoms with Gasteiger partial charge in [0, 0.05) is 43.1 Å². The molecule has 9 heteroatoms. The minimum Gasteiger partial charge on any atom is -0.381 e. The molecule has 7 nitrogen and oxygen atoms in total. The van der Waals surface area contributed by atoms with Crippen molar-refractivity contribution in [1.29, 1.82) is 0 Å². The van der Waals surface area contributed by atoms with Gasteiger partial charge in [-0.25, -0.2) is 18.2 Å². The van der Waals surface area contributed by atoms with Crippen LogP contribution in [0.3, 0.4) is 0 Å². The van der Waals surface area contributed by atoms with Crippen molar-refractivity contribution in [3.63, 3.8) is 0 Å². The van der Waals surface area contributed by atoms with Crippen molar-refractivity contribution >= 4 is 32.3 Å². The first-order valence-corrected chi connectivity index (χ1v) is 11.6. The minimum atomic E-state index is -3.12. The summed E-state index contributed by atoms with van der Waals surface area (Å²) < 4.78 is 28.6. The fourth-order valence-corrected chi connectivity index (χ4v) is 5.49. The monoisotopic (exact) mass is 387 g/mol. The molecule has 3 heterocycles. The first-order chi connectivity index (χ1) is 11.9. The molecule has 0 radical (unpaired) electrons. The van der Waals surface area contributed by atoms with E-state index >= 15 is 0 Å². The van der Waals surface area contributed by atoms with Gasteiger partial charge in [-0.1, -0.05) is 0 Å². The van der Waals surface area contributed by atoms with Crippen molar-refractivity contribution in [1.82, 2.24) is 9.88 Å². The Kier molecular flexibility index (Phi) is 5.96. The van der Waals surface area contributed by atoms with Crippen LogP contribution in [0.15, 0.2) is 6.20 Å². The highest BCUT2D eigenvalue weighted by molar-refractivity contribution is 7.90. The van der Waals surface area contributed by atoms with E-state index in [1.165, 1.54) is 22.5 Å². The second kappa shape index (κ2) is 8.01. The van der Waals surface area contributed by atoms with E-state index < -0.39 is 9.84 Å². The predicted octanol–water partition coefficient (Wildman–Crippen LogP) is 2.47. The Balaban J connectivity index is 1.63. The van der Waals surface area contributed by atoms with Crippen LogP contribution < -0.4 is 5.32 Å². The molecule has 0 aliphatic carbocycles. The van der Waals surface area contributed by atoms with E-state index in [0.717, 1.165) is 45.3 Å². The summed E-state index contributed by atoms with van der Waals surface area (Å²) in [5, 5.41) is 3.43. The van der Waals surface area contributed by atoms with Crippen LogP contribution in [0, 0.1) is 0 Å².